The molecule has 1 atom stereocenters. The van der Waals surface area contributed by atoms with Gasteiger partial charge in [0.2, 0.25) is 5.91 Å². The molecule has 0 spiro atoms. The summed E-state index contributed by atoms with van der Waals surface area (Å²) in [6.07, 6.45) is 2.15. The number of halogens is 1. The third-order valence-corrected chi connectivity index (χ3v) is 3.76. The zero-order valence-corrected chi connectivity index (χ0v) is 12.5. The van der Waals surface area contributed by atoms with Gasteiger partial charge in [0.15, 0.2) is 0 Å². The molecule has 0 fully saturated rings. The van der Waals surface area contributed by atoms with E-state index in [4.69, 9.17) is 11.6 Å². The standard InChI is InChI=1S/C17H20ClNO/c1-2-15(10-11-18)19-17(20)12-14-8-5-7-13-6-3-4-9-16(13)14/h3-9,15H,2,10-12H2,1H3,(H,19,20). The smallest absolute Gasteiger partial charge is 0.224 e. The van der Waals surface area contributed by atoms with Gasteiger partial charge in [-0.25, -0.2) is 0 Å². The summed E-state index contributed by atoms with van der Waals surface area (Å²) in [5.41, 5.74) is 1.07. The molecule has 0 bridgehead atoms. The quantitative estimate of drug-likeness (QED) is 0.803. The molecule has 2 nitrogen and oxygen atoms in total. The molecule has 0 saturated heterocycles. The summed E-state index contributed by atoms with van der Waals surface area (Å²) >= 11 is 5.75. The number of fused-ring (bicyclic) bond motifs is 1. The SMILES string of the molecule is CCC(CCCl)NC(=O)Cc1cccc2ccccc12. The van der Waals surface area contributed by atoms with E-state index in [1.165, 1.54) is 5.39 Å². The number of nitrogens with one attached hydrogen (secondary N) is 1. The van der Waals surface area contributed by atoms with Gasteiger partial charge in [-0.3, -0.25) is 4.79 Å². The first-order chi connectivity index (χ1) is 9.74. The Morgan fingerprint density at radius 1 is 1.20 bits per heavy atom. The van der Waals surface area contributed by atoms with Gasteiger partial charge in [-0.1, -0.05) is 49.4 Å². The predicted octanol–water partition coefficient (Wildman–Crippen LogP) is 3.91. The maximum absolute atomic E-state index is 12.1. The fourth-order valence-corrected chi connectivity index (χ4v) is 2.67. The third-order valence-electron chi connectivity index (χ3n) is 3.55. The van der Waals surface area contributed by atoms with Gasteiger partial charge < -0.3 is 5.32 Å². The molecule has 0 aliphatic carbocycles. The predicted molar refractivity (Wildman–Crippen MR) is 85.2 cm³/mol. The molecule has 2 aromatic carbocycles. The van der Waals surface area contributed by atoms with Crippen LogP contribution in [0.4, 0.5) is 0 Å². The fraction of sp³-hybridized carbons (Fsp3) is 0.353. The lowest BCUT2D eigenvalue weighted by molar-refractivity contribution is -0.121. The summed E-state index contributed by atoms with van der Waals surface area (Å²) in [5, 5.41) is 5.38. The van der Waals surface area contributed by atoms with Crippen LogP contribution in [0.5, 0.6) is 0 Å². The normalized spacial score (nSPS) is 12.3. The van der Waals surface area contributed by atoms with Gasteiger partial charge in [-0.05, 0) is 29.2 Å². The Balaban J connectivity index is 2.10. The summed E-state index contributed by atoms with van der Waals surface area (Å²) in [5.74, 6) is 0.644. The lowest BCUT2D eigenvalue weighted by Gasteiger charge is -2.16. The van der Waals surface area contributed by atoms with Crippen molar-refractivity contribution >= 4 is 28.3 Å². The molecule has 1 amide bonds. The van der Waals surface area contributed by atoms with E-state index in [9.17, 15) is 4.79 Å². The second-order valence-corrected chi connectivity index (χ2v) is 5.34. The molecule has 0 saturated carbocycles. The second-order valence-electron chi connectivity index (χ2n) is 4.97. The maximum atomic E-state index is 12.1. The van der Waals surface area contributed by atoms with E-state index >= 15 is 0 Å². The van der Waals surface area contributed by atoms with Crippen molar-refractivity contribution in [3.63, 3.8) is 0 Å². The Morgan fingerprint density at radius 2 is 1.95 bits per heavy atom. The Bertz CT molecular complexity index is 577. The van der Waals surface area contributed by atoms with Crippen LogP contribution in [0.2, 0.25) is 0 Å². The average molecular weight is 290 g/mol. The Hall–Kier alpha value is -1.54. The first-order valence-electron chi connectivity index (χ1n) is 7.06. The highest BCUT2D eigenvalue weighted by molar-refractivity contribution is 6.17. The van der Waals surface area contributed by atoms with Crippen molar-refractivity contribution in [2.24, 2.45) is 0 Å². The molecule has 20 heavy (non-hydrogen) atoms. The molecule has 0 heterocycles. The number of amides is 1. The van der Waals surface area contributed by atoms with E-state index in [0.29, 0.717) is 12.3 Å². The van der Waals surface area contributed by atoms with Crippen LogP contribution < -0.4 is 5.32 Å². The molecular formula is C17H20ClNO. The number of carbonyl (C=O) groups excluding carboxylic acids is 1. The highest BCUT2D eigenvalue weighted by Crippen LogP contribution is 2.18. The maximum Gasteiger partial charge on any atom is 0.224 e. The van der Waals surface area contributed by atoms with Crippen LogP contribution in [0.3, 0.4) is 0 Å². The lowest BCUT2D eigenvalue weighted by atomic mass is 10.0. The average Bonchev–Trinajstić information content (AvgIpc) is 2.47. The zero-order chi connectivity index (χ0) is 14.4. The van der Waals surface area contributed by atoms with Crippen LogP contribution in [0.1, 0.15) is 25.3 Å². The molecule has 1 unspecified atom stereocenters. The van der Waals surface area contributed by atoms with Gasteiger partial charge in [-0.2, -0.15) is 0 Å². The van der Waals surface area contributed by atoms with Crippen molar-refractivity contribution in [2.45, 2.75) is 32.2 Å². The molecule has 106 valence electrons. The first-order valence-corrected chi connectivity index (χ1v) is 7.60. The molecule has 0 radical (unpaired) electrons. The number of carbonyl (C=O) groups is 1. The van der Waals surface area contributed by atoms with Gasteiger partial charge in [0.05, 0.1) is 6.42 Å². The second kappa shape index (κ2) is 7.30. The number of benzene rings is 2. The Morgan fingerprint density at radius 3 is 2.70 bits per heavy atom. The van der Waals surface area contributed by atoms with Crippen LogP contribution in [0, 0.1) is 0 Å². The molecule has 3 heteroatoms. The summed E-state index contributed by atoms with van der Waals surface area (Å²) in [4.78, 5) is 12.1. The van der Waals surface area contributed by atoms with Crippen molar-refractivity contribution in [3.05, 3.63) is 48.0 Å². The minimum Gasteiger partial charge on any atom is -0.353 e. The van der Waals surface area contributed by atoms with Crippen LogP contribution in [0.25, 0.3) is 10.8 Å². The van der Waals surface area contributed by atoms with E-state index < -0.39 is 0 Å². The van der Waals surface area contributed by atoms with Crippen LogP contribution in [-0.4, -0.2) is 17.8 Å². The van der Waals surface area contributed by atoms with Gasteiger partial charge in [0.1, 0.15) is 0 Å². The molecule has 2 rings (SSSR count). The van der Waals surface area contributed by atoms with E-state index in [1.54, 1.807) is 0 Å². The van der Waals surface area contributed by atoms with Gasteiger partial charge in [-0.15, -0.1) is 11.6 Å². The van der Waals surface area contributed by atoms with E-state index in [-0.39, 0.29) is 11.9 Å². The third kappa shape index (κ3) is 3.73. The minimum absolute atomic E-state index is 0.0679. The molecule has 2 aromatic rings. The number of alkyl halides is 1. The van der Waals surface area contributed by atoms with E-state index in [0.717, 1.165) is 23.8 Å². The van der Waals surface area contributed by atoms with Crippen molar-refractivity contribution in [1.29, 1.82) is 0 Å². The Labute approximate surface area is 125 Å². The highest BCUT2D eigenvalue weighted by Gasteiger charge is 2.11. The van der Waals surface area contributed by atoms with Gasteiger partial charge in [0.25, 0.3) is 0 Å². The van der Waals surface area contributed by atoms with Gasteiger partial charge >= 0.3 is 0 Å². The molecule has 0 aromatic heterocycles. The Kier molecular flexibility index (Phi) is 5.42. The fourth-order valence-electron chi connectivity index (χ4n) is 2.41. The molecule has 1 N–H and O–H groups in total. The number of hydrogen-bond donors (Lipinski definition) is 1. The number of rotatable bonds is 6. The zero-order valence-electron chi connectivity index (χ0n) is 11.7. The van der Waals surface area contributed by atoms with Crippen molar-refractivity contribution in [3.8, 4) is 0 Å². The van der Waals surface area contributed by atoms with Gasteiger partial charge in [0, 0.05) is 11.9 Å². The van der Waals surface area contributed by atoms with E-state index in [2.05, 4.69) is 30.4 Å². The minimum atomic E-state index is 0.0679. The highest BCUT2D eigenvalue weighted by atomic mass is 35.5. The van der Waals surface area contributed by atoms with Crippen LogP contribution in [-0.2, 0) is 11.2 Å². The van der Waals surface area contributed by atoms with Crippen molar-refractivity contribution in [1.82, 2.24) is 5.32 Å². The summed E-state index contributed by atoms with van der Waals surface area (Å²) in [6.45, 7) is 2.06. The van der Waals surface area contributed by atoms with Crippen molar-refractivity contribution < 1.29 is 4.79 Å². The molecule has 0 aliphatic rings. The summed E-state index contributed by atoms with van der Waals surface area (Å²) in [7, 11) is 0. The number of hydrogen-bond acceptors (Lipinski definition) is 1. The summed E-state index contributed by atoms with van der Waals surface area (Å²) in [6, 6.07) is 14.4. The topological polar surface area (TPSA) is 29.1 Å². The molecular weight excluding hydrogens is 270 g/mol. The molecule has 0 aliphatic heterocycles. The largest absolute Gasteiger partial charge is 0.353 e. The van der Waals surface area contributed by atoms with E-state index in [1.807, 2.05) is 24.3 Å². The lowest BCUT2D eigenvalue weighted by Crippen LogP contribution is -2.35. The van der Waals surface area contributed by atoms with Crippen LogP contribution >= 0.6 is 11.6 Å². The summed E-state index contributed by atoms with van der Waals surface area (Å²) < 4.78 is 0. The monoisotopic (exact) mass is 289 g/mol. The van der Waals surface area contributed by atoms with Crippen LogP contribution in [0.15, 0.2) is 42.5 Å². The van der Waals surface area contributed by atoms with Crippen molar-refractivity contribution in [2.75, 3.05) is 5.88 Å². The first kappa shape index (κ1) is 14.9.